The molecule has 17 heavy (non-hydrogen) atoms. The first-order valence-corrected chi connectivity index (χ1v) is 6.14. The standard InChI is InChI=1S/C13H13NO2S/c1-8(13(14)16)17-12-7-6-11(15)9-4-2-3-5-10(9)12/h2-8,15H,1H3,(H2,14,16). The van der Waals surface area contributed by atoms with Crippen molar-refractivity contribution in [2.45, 2.75) is 17.1 Å². The lowest BCUT2D eigenvalue weighted by atomic mass is 10.1. The maximum Gasteiger partial charge on any atom is 0.230 e. The maximum atomic E-state index is 11.1. The molecule has 0 saturated carbocycles. The predicted octanol–water partition coefficient (Wildman–Crippen LogP) is 2.51. The zero-order chi connectivity index (χ0) is 12.4. The van der Waals surface area contributed by atoms with Crippen molar-refractivity contribution in [2.24, 2.45) is 5.73 Å². The van der Waals surface area contributed by atoms with Gasteiger partial charge in [-0.15, -0.1) is 11.8 Å². The van der Waals surface area contributed by atoms with Crippen LogP contribution in [0.2, 0.25) is 0 Å². The van der Waals surface area contributed by atoms with Crippen LogP contribution in [0.4, 0.5) is 0 Å². The molecule has 1 amide bonds. The highest BCUT2D eigenvalue weighted by Crippen LogP contribution is 2.34. The minimum absolute atomic E-state index is 0.247. The maximum absolute atomic E-state index is 11.1. The molecule has 0 fully saturated rings. The van der Waals surface area contributed by atoms with E-state index in [1.54, 1.807) is 13.0 Å². The van der Waals surface area contributed by atoms with E-state index < -0.39 is 0 Å². The summed E-state index contributed by atoms with van der Waals surface area (Å²) in [6.07, 6.45) is 0. The van der Waals surface area contributed by atoms with Crippen LogP contribution in [-0.2, 0) is 4.79 Å². The van der Waals surface area contributed by atoms with Crippen LogP contribution in [0.3, 0.4) is 0 Å². The van der Waals surface area contributed by atoms with Crippen molar-refractivity contribution in [3.8, 4) is 5.75 Å². The monoisotopic (exact) mass is 247 g/mol. The van der Waals surface area contributed by atoms with Gasteiger partial charge in [0.25, 0.3) is 0 Å². The Hall–Kier alpha value is -1.68. The number of nitrogens with two attached hydrogens (primary N) is 1. The number of hydrogen-bond acceptors (Lipinski definition) is 3. The van der Waals surface area contributed by atoms with Crippen LogP contribution in [0.15, 0.2) is 41.3 Å². The minimum atomic E-state index is -0.341. The molecule has 0 saturated heterocycles. The zero-order valence-electron chi connectivity index (χ0n) is 9.38. The van der Waals surface area contributed by atoms with Crippen molar-refractivity contribution >= 4 is 28.4 Å². The average molecular weight is 247 g/mol. The fourth-order valence-corrected chi connectivity index (χ4v) is 2.56. The lowest BCUT2D eigenvalue weighted by Crippen LogP contribution is -2.22. The summed E-state index contributed by atoms with van der Waals surface area (Å²) in [4.78, 5) is 12.0. The first-order chi connectivity index (χ1) is 8.09. The molecule has 0 aliphatic rings. The number of benzene rings is 2. The Kier molecular flexibility index (Phi) is 3.24. The van der Waals surface area contributed by atoms with Gasteiger partial charge in [0, 0.05) is 10.3 Å². The Morgan fingerprint density at radius 3 is 2.53 bits per heavy atom. The van der Waals surface area contributed by atoms with Gasteiger partial charge in [-0.1, -0.05) is 24.3 Å². The number of phenols is 1. The third-order valence-corrected chi connectivity index (χ3v) is 3.76. The number of fused-ring (bicyclic) bond motifs is 1. The van der Waals surface area contributed by atoms with Gasteiger partial charge in [-0.05, 0) is 24.4 Å². The lowest BCUT2D eigenvalue weighted by molar-refractivity contribution is -0.117. The SMILES string of the molecule is CC(Sc1ccc(O)c2ccccc12)C(N)=O. The van der Waals surface area contributed by atoms with Gasteiger partial charge in [-0.25, -0.2) is 0 Å². The highest BCUT2D eigenvalue weighted by molar-refractivity contribution is 8.00. The molecule has 0 heterocycles. The Labute approximate surface area is 104 Å². The van der Waals surface area contributed by atoms with Crippen molar-refractivity contribution in [3.63, 3.8) is 0 Å². The van der Waals surface area contributed by atoms with Crippen LogP contribution < -0.4 is 5.73 Å². The van der Waals surface area contributed by atoms with Gasteiger partial charge < -0.3 is 10.8 Å². The second kappa shape index (κ2) is 4.67. The highest BCUT2D eigenvalue weighted by atomic mass is 32.2. The molecule has 2 aromatic rings. The minimum Gasteiger partial charge on any atom is -0.507 e. The molecular formula is C13H13NO2S. The Morgan fingerprint density at radius 1 is 1.24 bits per heavy atom. The topological polar surface area (TPSA) is 63.3 Å². The Balaban J connectivity index is 2.48. The van der Waals surface area contributed by atoms with Crippen molar-refractivity contribution in [1.82, 2.24) is 0 Å². The van der Waals surface area contributed by atoms with E-state index in [-0.39, 0.29) is 16.9 Å². The summed E-state index contributed by atoms with van der Waals surface area (Å²) in [6.45, 7) is 1.77. The number of hydrogen-bond donors (Lipinski definition) is 2. The summed E-state index contributed by atoms with van der Waals surface area (Å²) in [6, 6.07) is 11.0. The molecule has 88 valence electrons. The number of thioether (sulfide) groups is 1. The fourth-order valence-electron chi connectivity index (χ4n) is 1.61. The van der Waals surface area contributed by atoms with Gasteiger partial charge in [0.05, 0.1) is 5.25 Å². The van der Waals surface area contributed by atoms with E-state index in [0.717, 1.165) is 15.7 Å². The lowest BCUT2D eigenvalue weighted by Gasteiger charge is -2.10. The smallest absolute Gasteiger partial charge is 0.230 e. The number of phenolic OH excluding ortho intramolecular Hbond substituents is 1. The molecule has 2 rings (SSSR count). The third-order valence-electron chi connectivity index (χ3n) is 2.57. The van der Waals surface area contributed by atoms with Crippen LogP contribution in [0, 0.1) is 0 Å². The van der Waals surface area contributed by atoms with E-state index in [1.165, 1.54) is 11.8 Å². The molecule has 0 aliphatic carbocycles. The average Bonchev–Trinajstić information content (AvgIpc) is 2.33. The van der Waals surface area contributed by atoms with E-state index in [9.17, 15) is 9.90 Å². The molecule has 0 radical (unpaired) electrons. The fraction of sp³-hybridized carbons (Fsp3) is 0.154. The van der Waals surface area contributed by atoms with Crippen molar-refractivity contribution in [3.05, 3.63) is 36.4 Å². The number of carbonyl (C=O) groups is 1. The molecule has 2 aromatic carbocycles. The zero-order valence-corrected chi connectivity index (χ0v) is 10.2. The van der Waals surface area contributed by atoms with Gasteiger partial charge in [0.2, 0.25) is 5.91 Å². The molecular weight excluding hydrogens is 234 g/mol. The molecule has 3 N–H and O–H groups in total. The van der Waals surface area contributed by atoms with E-state index >= 15 is 0 Å². The van der Waals surface area contributed by atoms with E-state index in [1.807, 2.05) is 30.3 Å². The van der Waals surface area contributed by atoms with E-state index in [0.29, 0.717) is 0 Å². The first kappa shape index (κ1) is 11.8. The molecule has 3 nitrogen and oxygen atoms in total. The second-order valence-corrected chi connectivity index (χ2v) is 5.17. The normalized spacial score (nSPS) is 12.5. The second-order valence-electron chi connectivity index (χ2n) is 3.79. The van der Waals surface area contributed by atoms with E-state index in [4.69, 9.17) is 5.73 Å². The molecule has 0 bridgehead atoms. The Bertz CT molecular complexity index is 568. The van der Waals surface area contributed by atoms with Gasteiger partial charge in [0.15, 0.2) is 0 Å². The van der Waals surface area contributed by atoms with Crippen molar-refractivity contribution in [1.29, 1.82) is 0 Å². The summed E-state index contributed by atoms with van der Waals surface area (Å²) < 4.78 is 0. The van der Waals surface area contributed by atoms with Gasteiger partial charge in [0.1, 0.15) is 5.75 Å². The summed E-state index contributed by atoms with van der Waals surface area (Å²) in [5, 5.41) is 11.2. The molecule has 1 unspecified atom stereocenters. The molecule has 1 atom stereocenters. The van der Waals surface area contributed by atoms with Gasteiger partial charge in [-0.2, -0.15) is 0 Å². The van der Waals surface area contributed by atoms with Crippen LogP contribution in [0.25, 0.3) is 10.8 Å². The van der Waals surface area contributed by atoms with Gasteiger partial charge in [-0.3, -0.25) is 4.79 Å². The summed E-state index contributed by atoms with van der Waals surface area (Å²) in [5.74, 6) is -0.0937. The molecule has 0 spiro atoms. The van der Waals surface area contributed by atoms with Crippen LogP contribution in [0.1, 0.15) is 6.92 Å². The van der Waals surface area contributed by atoms with Crippen LogP contribution in [-0.4, -0.2) is 16.3 Å². The van der Waals surface area contributed by atoms with Crippen LogP contribution in [0.5, 0.6) is 5.75 Å². The summed E-state index contributed by atoms with van der Waals surface area (Å²) in [5.41, 5.74) is 5.25. The van der Waals surface area contributed by atoms with E-state index in [2.05, 4.69) is 0 Å². The predicted molar refractivity (Wildman–Crippen MR) is 70.1 cm³/mol. The number of carbonyl (C=O) groups excluding carboxylic acids is 1. The Morgan fingerprint density at radius 2 is 1.88 bits per heavy atom. The summed E-state index contributed by atoms with van der Waals surface area (Å²) in [7, 11) is 0. The van der Waals surface area contributed by atoms with Crippen molar-refractivity contribution < 1.29 is 9.90 Å². The molecule has 0 aliphatic heterocycles. The molecule has 0 aromatic heterocycles. The number of primary amides is 1. The first-order valence-electron chi connectivity index (χ1n) is 5.26. The number of aromatic hydroxyl groups is 1. The molecule has 4 heteroatoms. The number of amides is 1. The number of rotatable bonds is 3. The summed E-state index contributed by atoms with van der Waals surface area (Å²) >= 11 is 1.40. The third kappa shape index (κ3) is 2.36. The van der Waals surface area contributed by atoms with Crippen LogP contribution >= 0.6 is 11.8 Å². The largest absolute Gasteiger partial charge is 0.507 e. The quantitative estimate of drug-likeness (QED) is 0.819. The van der Waals surface area contributed by atoms with Gasteiger partial charge >= 0.3 is 0 Å². The highest BCUT2D eigenvalue weighted by Gasteiger charge is 2.13. The van der Waals surface area contributed by atoms with Crippen molar-refractivity contribution in [2.75, 3.05) is 0 Å².